The van der Waals surface area contributed by atoms with Gasteiger partial charge in [0.1, 0.15) is 5.56 Å². The van der Waals surface area contributed by atoms with Gasteiger partial charge < -0.3 is 21.7 Å². The van der Waals surface area contributed by atoms with Crippen molar-refractivity contribution in [3.05, 3.63) is 52.5 Å². The predicted molar refractivity (Wildman–Crippen MR) is 82.9 cm³/mol. The minimum Gasteiger partial charge on any atom is -1.00 e. The zero-order valence-electron chi connectivity index (χ0n) is 12.8. The number of amides is 2. The van der Waals surface area contributed by atoms with E-state index in [2.05, 4.69) is 15.6 Å². The molecule has 2 N–H and O–H groups in total. The number of carbonyl (C=O) groups excluding carboxylic acids is 3. The fourth-order valence-corrected chi connectivity index (χ4v) is 2.44. The molecule has 0 aliphatic carbocycles. The van der Waals surface area contributed by atoms with Crippen molar-refractivity contribution in [1.82, 2.24) is 10.9 Å². The van der Waals surface area contributed by atoms with E-state index < -0.39 is 12.0 Å². The number of hydrogen-bond acceptors (Lipinski definition) is 5. The van der Waals surface area contributed by atoms with Crippen LogP contribution in [0.2, 0.25) is 0 Å². The number of pyridine rings is 1. The molecule has 7 nitrogen and oxygen atoms in total. The van der Waals surface area contributed by atoms with Crippen molar-refractivity contribution in [2.45, 2.75) is 13.5 Å². The maximum atomic E-state index is 12.1. The van der Waals surface area contributed by atoms with E-state index in [0.717, 1.165) is 0 Å². The average molecular weight is 414 g/mol. The lowest BCUT2D eigenvalue weighted by Crippen LogP contribution is -3.00. The molecule has 2 aromatic heterocycles. The van der Waals surface area contributed by atoms with Crippen molar-refractivity contribution in [2.24, 2.45) is 0 Å². The number of nitrogens with zero attached hydrogens (tertiary/aromatic N) is 1. The van der Waals surface area contributed by atoms with Crippen LogP contribution >= 0.6 is 11.3 Å². The first-order valence-electron chi connectivity index (χ1n) is 6.89. The molecule has 0 spiro atoms. The largest absolute Gasteiger partial charge is 1.00 e. The van der Waals surface area contributed by atoms with Crippen LogP contribution in [0, 0.1) is 0 Å². The standard InChI is InChI=1S/C15H15N3O4S.BrH/c1-2-22-15(21)17-16-14(20)11-5-3-7-18(9-11)10-12(19)13-6-4-8-23-13;/h3-9H,2,10H2,1H3,(H-,16,17,20,21);1H. The molecule has 0 aliphatic heterocycles. The normalized spacial score (nSPS) is 9.54. The Bertz CT molecular complexity index is 707. The summed E-state index contributed by atoms with van der Waals surface area (Å²) in [4.78, 5) is 35.8. The molecule has 0 saturated heterocycles. The Morgan fingerprint density at radius 2 is 2.00 bits per heavy atom. The molecule has 128 valence electrons. The van der Waals surface area contributed by atoms with E-state index in [-0.39, 0.29) is 35.9 Å². The molecular weight excluding hydrogens is 398 g/mol. The molecule has 0 atom stereocenters. The van der Waals surface area contributed by atoms with Crippen molar-refractivity contribution in [3.8, 4) is 0 Å². The van der Waals surface area contributed by atoms with E-state index in [0.29, 0.717) is 10.4 Å². The second kappa shape index (κ2) is 9.78. The van der Waals surface area contributed by atoms with Gasteiger partial charge in [0.25, 0.3) is 5.91 Å². The third-order valence-corrected chi connectivity index (χ3v) is 3.71. The van der Waals surface area contributed by atoms with Gasteiger partial charge in [-0.2, -0.15) is 4.57 Å². The quantitative estimate of drug-likeness (QED) is 0.348. The molecule has 0 bridgehead atoms. The number of ketones is 1. The molecule has 2 rings (SSSR count). The number of nitrogens with one attached hydrogen (secondary N) is 2. The highest BCUT2D eigenvalue weighted by Gasteiger charge is 2.16. The summed E-state index contributed by atoms with van der Waals surface area (Å²) in [6.45, 7) is 2.00. The number of carbonyl (C=O) groups is 3. The highest BCUT2D eigenvalue weighted by Crippen LogP contribution is 2.09. The fraction of sp³-hybridized carbons (Fsp3) is 0.200. The van der Waals surface area contributed by atoms with E-state index in [1.54, 1.807) is 35.9 Å². The lowest BCUT2D eigenvalue weighted by molar-refractivity contribution is -0.683. The van der Waals surface area contributed by atoms with E-state index in [4.69, 9.17) is 0 Å². The van der Waals surface area contributed by atoms with Gasteiger partial charge in [-0.3, -0.25) is 15.0 Å². The Morgan fingerprint density at radius 1 is 1.21 bits per heavy atom. The predicted octanol–water partition coefficient (Wildman–Crippen LogP) is -1.69. The topological polar surface area (TPSA) is 88.4 Å². The number of hydrazine groups is 1. The van der Waals surface area contributed by atoms with Gasteiger partial charge in [-0.25, -0.2) is 10.2 Å². The van der Waals surface area contributed by atoms with Gasteiger partial charge >= 0.3 is 6.09 Å². The number of aromatic nitrogens is 1. The van der Waals surface area contributed by atoms with Crippen LogP contribution in [0.4, 0.5) is 4.79 Å². The maximum absolute atomic E-state index is 12.1. The summed E-state index contributed by atoms with van der Waals surface area (Å²) in [5.74, 6) is -0.539. The Balaban J connectivity index is 0.00000288. The molecule has 2 amide bonds. The summed E-state index contributed by atoms with van der Waals surface area (Å²) in [7, 11) is 0. The number of rotatable bonds is 5. The van der Waals surface area contributed by atoms with Gasteiger partial charge in [0.15, 0.2) is 12.4 Å². The Hall–Kier alpha value is -2.26. The number of Topliss-reactive ketones (excluding diaryl/α,β-unsaturated/α-hetero) is 1. The van der Waals surface area contributed by atoms with Gasteiger partial charge in [-0.05, 0) is 24.4 Å². The maximum Gasteiger partial charge on any atom is 0.426 e. The molecule has 0 radical (unpaired) electrons. The molecule has 0 aromatic carbocycles. The van der Waals surface area contributed by atoms with E-state index in [1.807, 2.05) is 11.4 Å². The van der Waals surface area contributed by atoms with Crippen LogP contribution in [0.25, 0.3) is 0 Å². The highest BCUT2D eigenvalue weighted by atomic mass is 79.9. The number of hydrogen-bond donors (Lipinski definition) is 2. The SMILES string of the molecule is CCOC(=O)NNC(=O)c1ccc[n+](CC(=O)c2cccs2)c1.[Br-]. The number of thiophene rings is 1. The van der Waals surface area contributed by atoms with Crippen LogP contribution in [0.5, 0.6) is 0 Å². The number of halogens is 1. The van der Waals surface area contributed by atoms with Crippen molar-refractivity contribution >= 4 is 29.1 Å². The molecule has 2 heterocycles. The number of ether oxygens (including phenoxy) is 1. The van der Waals surface area contributed by atoms with Gasteiger partial charge in [-0.1, -0.05) is 6.07 Å². The Labute approximate surface area is 153 Å². The van der Waals surface area contributed by atoms with Crippen molar-refractivity contribution in [3.63, 3.8) is 0 Å². The van der Waals surface area contributed by atoms with Crippen LogP contribution in [-0.4, -0.2) is 24.4 Å². The zero-order valence-corrected chi connectivity index (χ0v) is 15.2. The molecule has 0 aliphatic rings. The smallest absolute Gasteiger partial charge is 0.426 e. The highest BCUT2D eigenvalue weighted by molar-refractivity contribution is 7.12. The van der Waals surface area contributed by atoms with E-state index in [1.165, 1.54) is 17.5 Å². The molecule has 0 unspecified atom stereocenters. The second-order valence-electron chi connectivity index (χ2n) is 4.47. The van der Waals surface area contributed by atoms with Crippen LogP contribution in [0.1, 0.15) is 27.0 Å². The first kappa shape index (κ1) is 19.8. The summed E-state index contributed by atoms with van der Waals surface area (Å²) in [5, 5.41) is 1.84. The van der Waals surface area contributed by atoms with Gasteiger partial charge in [-0.15, -0.1) is 11.3 Å². The molecule has 9 heteroatoms. The van der Waals surface area contributed by atoms with Gasteiger partial charge in [0.05, 0.1) is 11.5 Å². The summed E-state index contributed by atoms with van der Waals surface area (Å²) < 4.78 is 6.24. The van der Waals surface area contributed by atoms with Crippen LogP contribution in [-0.2, 0) is 11.3 Å². The lowest BCUT2D eigenvalue weighted by Gasteiger charge is -2.06. The van der Waals surface area contributed by atoms with Crippen molar-refractivity contribution < 1.29 is 40.7 Å². The molecule has 0 fully saturated rings. The Kier molecular flexibility index (Phi) is 8.07. The summed E-state index contributed by atoms with van der Waals surface area (Å²) in [5.41, 5.74) is 4.67. The Morgan fingerprint density at radius 3 is 2.67 bits per heavy atom. The van der Waals surface area contributed by atoms with Crippen LogP contribution < -0.4 is 32.4 Å². The molecule has 0 saturated carbocycles. The molecule has 24 heavy (non-hydrogen) atoms. The summed E-state index contributed by atoms with van der Waals surface area (Å²) in [6.07, 6.45) is 2.49. The first-order valence-corrected chi connectivity index (χ1v) is 7.77. The third-order valence-electron chi connectivity index (χ3n) is 2.80. The van der Waals surface area contributed by atoms with Gasteiger partial charge in [0.2, 0.25) is 12.3 Å². The minimum atomic E-state index is -0.738. The zero-order chi connectivity index (χ0) is 16.7. The minimum absolute atomic E-state index is 0. The van der Waals surface area contributed by atoms with Crippen LogP contribution in [0.15, 0.2) is 42.0 Å². The third kappa shape index (κ3) is 5.74. The van der Waals surface area contributed by atoms with Gasteiger partial charge in [0, 0.05) is 6.07 Å². The van der Waals surface area contributed by atoms with Crippen molar-refractivity contribution in [1.29, 1.82) is 0 Å². The van der Waals surface area contributed by atoms with Crippen molar-refractivity contribution in [2.75, 3.05) is 6.61 Å². The fourth-order valence-electron chi connectivity index (χ4n) is 1.78. The monoisotopic (exact) mass is 413 g/mol. The summed E-state index contributed by atoms with van der Waals surface area (Å²) >= 11 is 1.37. The lowest BCUT2D eigenvalue weighted by atomic mass is 10.2. The second-order valence-corrected chi connectivity index (χ2v) is 5.41. The summed E-state index contributed by atoms with van der Waals surface area (Å²) in [6, 6.07) is 6.80. The van der Waals surface area contributed by atoms with Crippen LogP contribution in [0.3, 0.4) is 0 Å². The van der Waals surface area contributed by atoms with E-state index in [9.17, 15) is 14.4 Å². The average Bonchev–Trinajstić information content (AvgIpc) is 3.08. The molecular formula is C15H16BrN3O4S. The first-order chi connectivity index (χ1) is 11.1. The van der Waals surface area contributed by atoms with E-state index >= 15 is 0 Å². The molecule has 2 aromatic rings.